The first-order valence-corrected chi connectivity index (χ1v) is 15.7. The van der Waals surface area contributed by atoms with Gasteiger partial charge in [-0.15, -0.1) is 0 Å². The fraction of sp³-hybridized carbons (Fsp3) is 0. The van der Waals surface area contributed by atoms with Gasteiger partial charge in [0.15, 0.2) is 17.5 Å². The molecular weight excluding hydrogens is 574 g/mol. The lowest BCUT2D eigenvalue weighted by Crippen LogP contribution is -2.00. The first-order valence-electron chi connectivity index (χ1n) is 15.7. The van der Waals surface area contributed by atoms with Gasteiger partial charge in [-0.25, -0.2) is 15.0 Å². The van der Waals surface area contributed by atoms with Crippen LogP contribution >= 0.6 is 0 Å². The maximum absolute atomic E-state index is 6.31. The summed E-state index contributed by atoms with van der Waals surface area (Å²) in [5, 5.41) is 4.65. The minimum absolute atomic E-state index is 0.648. The molecule has 2 aromatic heterocycles. The Hall–Kier alpha value is -6.39. The van der Waals surface area contributed by atoms with Crippen LogP contribution in [0.3, 0.4) is 0 Å². The molecule has 0 spiro atoms. The highest BCUT2D eigenvalue weighted by Crippen LogP contribution is 2.37. The molecule has 220 valence electrons. The standard InChI is InChI=1S/C43H27N3O/c1-3-10-29(11-4-1)41-44-42(30-12-5-2-6-13-30)46-43(45-41)31-20-18-28(19-21-31)32-22-23-34-27-35(25-24-33(34)26-32)36-15-9-16-38-37-14-7-8-17-39(37)47-40(36)38/h1-27H. The number of aromatic nitrogens is 3. The Morgan fingerprint density at radius 2 is 0.830 bits per heavy atom. The topological polar surface area (TPSA) is 51.8 Å². The molecule has 0 radical (unpaired) electrons. The molecule has 0 unspecified atom stereocenters. The van der Waals surface area contributed by atoms with Crippen molar-refractivity contribution in [3.05, 3.63) is 164 Å². The highest BCUT2D eigenvalue weighted by molar-refractivity contribution is 6.10. The number of benzene rings is 7. The van der Waals surface area contributed by atoms with Gasteiger partial charge in [0.1, 0.15) is 11.2 Å². The molecule has 0 aliphatic rings. The molecule has 47 heavy (non-hydrogen) atoms. The smallest absolute Gasteiger partial charge is 0.164 e. The van der Waals surface area contributed by atoms with Crippen LogP contribution in [-0.4, -0.2) is 15.0 Å². The van der Waals surface area contributed by atoms with E-state index < -0.39 is 0 Å². The van der Waals surface area contributed by atoms with E-state index in [1.165, 1.54) is 10.8 Å². The summed E-state index contributed by atoms with van der Waals surface area (Å²) in [4.78, 5) is 14.6. The van der Waals surface area contributed by atoms with E-state index in [0.29, 0.717) is 17.5 Å². The van der Waals surface area contributed by atoms with Crippen LogP contribution in [0.1, 0.15) is 0 Å². The lowest BCUT2D eigenvalue weighted by atomic mass is 9.96. The quantitative estimate of drug-likeness (QED) is 0.197. The molecule has 9 rings (SSSR count). The van der Waals surface area contributed by atoms with Crippen LogP contribution in [0.5, 0.6) is 0 Å². The van der Waals surface area contributed by atoms with E-state index in [4.69, 9.17) is 19.4 Å². The lowest BCUT2D eigenvalue weighted by molar-refractivity contribution is 0.670. The molecule has 0 saturated carbocycles. The van der Waals surface area contributed by atoms with E-state index in [-0.39, 0.29) is 0 Å². The van der Waals surface area contributed by atoms with Crippen LogP contribution in [0.25, 0.3) is 89.1 Å². The summed E-state index contributed by atoms with van der Waals surface area (Å²) < 4.78 is 6.31. The average molecular weight is 602 g/mol. The van der Waals surface area contributed by atoms with Gasteiger partial charge in [0.2, 0.25) is 0 Å². The molecule has 0 saturated heterocycles. The fourth-order valence-electron chi connectivity index (χ4n) is 6.32. The number of para-hydroxylation sites is 2. The van der Waals surface area contributed by atoms with Gasteiger partial charge in [-0.2, -0.15) is 0 Å². The van der Waals surface area contributed by atoms with Gasteiger partial charge < -0.3 is 4.42 Å². The van der Waals surface area contributed by atoms with Crippen LogP contribution < -0.4 is 0 Å². The molecule has 0 atom stereocenters. The van der Waals surface area contributed by atoms with Gasteiger partial charge in [-0.3, -0.25) is 0 Å². The van der Waals surface area contributed by atoms with Crippen LogP contribution in [0.2, 0.25) is 0 Å². The fourth-order valence-corrected chi connectivity index (χ4v) is 6.32. The second-order valence-corrected chi connectivity index (χ2v) is 11.7. The SMILES string of the molecule is c1ccc(-c2nc(-c3ccccc3)nc(-c3ccc(-c4ccc5cc(-c6cccc7c6oc6ccccc67)ccc5c4)cc3)n2)cc1. The summed E-state index contributed by atoms with van der Waals surface area (Å²) >= 11 is 0. The van der Waals surface area contributed by atoms with Crippen molar-refractivity contribution in [2.75, 3.05) is 0 Å². The number of hydrogen-bond donors (Lipinski definition) is 0. The summed E-state index contributed by atoms with van der Waals surface area (Å²) in [5.41, 5.74) is 9.22. The Labute approximate surface area is 271 Å². The van der Waals surface area contributed by atoms with E-state index in [0.717, 1.165) is 60.9 Å². The van der Waals surface area contributed by atoms with Crippen molar-refractivity contribution in [1.82, 2.24) is 15.0 Å². The van der Waals surface area contributed by atoms with Crippen molar-refractivity contribution < 1.29 is 4.42 Å². The molecule has 7 aromatic carbocycles. The van der Waals surface area contributed by atoms with Crippen LogP contribution in [0.15, 0.2) is 168 Å². The predicted molar refractivity (Wildman–Crippen MR) is 192 cm³/mol. The summed E-state index contributed by atoms with van der Waals surface area (Å²) in [6.45, 7) is 0. The third-order valence-corrected chi connectivity index (χ3v) is 8.73. The third-order valence-electron chi connectivity index (χ3n) is 8.73. The zero-order valence-electron chi connectivity index (χ0n) is 25.3. The van der Waals surface area contributed by atoms with E-state index in [9.17, 15) is 0 Å². The largest absolute Gasteiger partial charge is 0.455 e. The molecule has 2 heterocycles. The van der Waals surface area contributed by atoms with Crippen molar-refractivity contribution >= 4 is 32.7 Å². The molecular formula is C43H27N3O. The van der Waals surface area contributed by atoms with Gasteiger partial charge >= 0.3 is 0 Å². The maximum atomic E-state index is 6.31. The molecule has 0 fully saturated rings. The Balaban J connectivity index is 1.05. The summed E-state index contributed by atoms with van der Waals surface area (Å²) in [5.74, 6) is 1.96. The Kier molecular flexibility index (Phi) is 6.43. The van der Waals surface area contributed by atoms with E-state index in [1.54, 1.807) is 0 Å². The molecule has 9 aromatic rings. The number of rotatable bonds is 5. The molecule has 0 amide bonds. The van der Waals surface area contributed by atoms with Gasteiger partial charge in [0.25, 0.3) is 0 Å². The monoisotopic (exact) mass is 601 g/mol. The number of nitrogens with zero attached hydrogens (tertiary/aromatic N) is 3. The molecule has 4 nitrogen and oxygen atoms in total. The minimum Gasteiger partial charge on any atom is -0.455 e. The average Bonchev–Trinajstić information content (AvgIpc) is 3.54. The third kappa shape index (κ3) is 4.93. The van der Waals surface area contributed by atoms with E-state index in [1.807, 2.05) is 72.8 Å². The van der Waals surface area contributed by atoms with Crippen LogP contribution in [-0.2, 0) is 0 Å². The molecule has 0 N–H and O–H groups in total. The zero-order chi connectivity index (χ0) is 31.2. The van der Waals surface area contributed by atoms with Gasteiger partial charge in [-0.1, -0.05) is 146 Å². The Morgan fingerprint density at radius 3 is 1.49 bits per heavy atom. The number of fused-ring (bicyclic) bond motifs is 4. The van der Waals surface area contributed by atoms with Gasteiger partial charge in [-0.05, 0) is 45.7 Å². The van der Waals surface area contributed by atoms with Crippen molar-refractivity contribution in [1.29, 1.82) is 0 Å². The Bertz CT molecular complexity index is 2500. The first kappa shape index (κ1) is 27.0. The summed E-state index contributed by atoms with van der Waals surface area (Å²) in [7, 11) is 0. The molecule has 0 aliphatic carbocycles. The maximum Gasteiger partial charge on any atom is 0.164 e. The predicted octanol–water partition coefficient (Wildman–Crippen LogP) is 11.3. The second kappa shape index (κ2) is 11.2. The summed E-state index contributed by atoms with van der Waals surface area (Å²) in [6.07, 6.45) is 0. The zero-order valence-corrected chi connectivity index (χ0v) is 25.3. The molecule has 0 aliphatic heterocycles. The number of furan rings is 1. The van der Waals surface area contributed by atoms with Crippen molar-refractivity contribution in [3.8, 4) is 56.4 Å². The number of hydrogen-bond acceptors (Lipinski definition) is 4. The highest BCUT2D eigenvalue weighted by Gasteiger charge is 2.14. The van der Waals surface area contributed by atoms with Crippen LogP contribution in [0, 0.1) is 0 Å². The first-order chi connectivity index (χ1) is 23.3. The van der Waals surface area contributed by atoms with Crippen molar-refractivity contribution in [2.24, 2.45) is 0 Å². The van der Waals surface area contributed by atoms with E-state index in [2.05, 4.69) is 91.0 Å². The normalized spacial score (nSPS) is 11.4. The lowest BCUT2D eigenvalue weighted by Gasteiger charge is -2.10. The van der Waals surface area contributed by atoms with Crippen molar-refractivity contribution in [3.63, 3.8) is 0 Å². The minimum atomic E-state index is 0.648. The Morgan fingerprint density at radius 1 is 0.340 bits per heavy atom. The van der Waals surface area contributed by atoms with E-state index >= 15 is 0 Å². The molecule has 4 heteroatoms. The van der Waals surface area contributed by atoms with Crippen LogP contribution in [0.4, 0.5) is 0 Å². The van der Waals surface area contributed by atoms with Gasteiger partial charge in [0.05, 0.1) is 0 Å². The summed E-state index contributed by atoms with van der Waals surface area (Å²) in [6, 6.07) is 56.4. The highest BCUT2D eigenvalue weighted by atomic mass is 16.3. The second-order valence-electron chi connectivity index (χ2n) is 11.7. The molecule has 0 bridgehead atoms. The van der Waals surface area contributed by atoms with Crippen molar-refractivity contribution in [2.45, 2.75) is 0 Å². The van der Waals surface area contributed by atoms with Gasteiger partial charge in [0, 0.05) is 33.0 Å².